The van der Waals surface area contributed by atoms with E-state index in [1.807, 2.05) is 34.7 Å². The number of benzene rings is 1. The fraction of sp³-hybridized carbons (Fsp3) is 0.286. The highest BCUT2D eigenvalue weighted by atomic mass is 127. The largest absolute Gasteiger partial charge is 0.378 e. The lowest BCUT2D eigenvalue weighted by Gasteiger charge is -2.29. The second-order valence-electron chi connectivity index (χ2n) is 4.60. The Morgan fingerprint density at radius 3 is 3.00 bits per heavy atom. The van der Waals surface area contributed by atoms with Crippen molar-refractivity contribution < 1.29 is 4.74 Å². The van der Waals surface area contributed by atoms with Crippen molar-refractivity contribution in [2.24, 2.45) is 0 Å². The molecule has 5 heteroatoms. The van der Waals surface area contributed by atoms with E-state index in [2.05, 4.69) is 22.1 Å². The molecule has 1 aliphatic carbocycles. The van der Waals surface area contributed by atoms with Gasteiger partial charge in [-0.25, -0.2) is 4.98 Å². The maximum Gasteiger partial charge on any atom is 0.264 e. The zero-order chi connectivity index (χ0) is 13.4. The van der Waals surface area contributed by atoms with E-state index in [9.17, 15) is 4.79 Å². The Hall–Kier alpha value is -1.21. The van der Waals surface area contributed by atoms with E-state index in [-0.39, 0.29) is 11.5 Å². The van der Waals surface area contributed by atoms with Gasteiger partial charge in [0.25, 0.3) is 5.56 Å². The molecular formula is C14H13IN2O2. The molecule has 4 nitrogen and oxygen atoms in total. The Kier molecular flexibility index (Phi) is 3.40. The molecule has 1 N–H and O–H groups in total. The quantitative estimate of drug-likeness (QED) is 0.846. The van der Waals surface area contributed by atoms with Crippen molar-refractivity contribution in [3.63, 3.8) is 0 Å². The summed E-state index contributed by atoms with van der Waals surface area (Å²) in [5, 5.41) is 0. The zero-order valence-electron chi connectivity index (χ0n) is 10.4. The third kappa shape index (κ3) is 2.21. The summed E-state index contributed by atoms with van der Waals surface area (Å²) in [5.41, 5.74) is 3.23. The van der Waals surface area contributed by atoms with Gasteiger partial charge in [-0.2, -0.15) is 0 Å². The van der Waals surface area contributed by atoms with Crippen LogP contribution in [0.4, 0.5) is 0 Å². The number of fused-ring (bicyclic) bond motifs is 1. The second kappa shape index (κ2) is 5.05. The van der Waals surface area contributed by atoms with Crippen LogP contribution in [0.1, 0.15) is 28.6 Å². The highest BCUT2D eigenvalue weighted by Gasteiger charge is 2.29. The summed E-state index contributed by atoms with van der Waals surface area (Å²) in [6.45, 7) is 0.365. The molecule has 1 aliphatic rings. The van der Waals surface area contributed by atoms with E-state index < -0.39 is 0 Å². The highest BCUT2D eigenvalue weighted by molar-refractivity contribution is 14.1. The standard InChI is InChI=1S/C14H13IN2O2/c1-19-7-11-12(15)14(18)17-13(16-11)10-6-8-4-2-3-5-9(8)10/h2-5,10H,6-7H2,1H3,(H,16,17,18). The molecule has 19 heavy (non-hydrogen) atoms. The van der Waals surface area contributed by atoms with Crippen LogP contribution in [0.2, 0.25) is 0 Å². The Balaban J connectivity index is 2.02. The minimum absolute atomic E-state index is 0.0815. The van der Waals surface area contributed by atoms with Crippen LogP contribution in [0.15, 0.2) is 29.1 Å². The molecule has 1 atom stereocenters. The van der Waals surface area contributed by atoms with Crippen LogP contribution < -0.4 is 5.56 Å². The molecule has 1 unspecified atom stereocenters. The van der Waals surface area contributed by atoms with Crippen LogP contribution >= 0.6 is 22.6 Å². The van der Waals surface area contributed by atoms with Gasteiger partial charge in [-0.1, -0.05) is 24.3 Å². The van der Waals surface area contributed by atoms with E-state index in [0.29, 0.717) is 15.9 Å². The minimum atomic E-state index is -0.0815. The van der Waals surface area contributed by atoms with E-state index >= 15 is 0 Å². The van der Waals surface area contributed by atoms with Crippen molar-refractivity contribution in [1.29, 1.82) is 0 Å². The van der Waals surface area contributed by atoms with Gasteiger partial charge in [0, 0.05) is 13.0 Å². The number of hydrogen-bond donors (Lipinski definition) is 1. The summed E-state index contributed by atoms with van der Waals surface area (Å²) in [6, 6.07) is 8.27. The number of rotatable bonds is 3. The van der Waals surface area contributed by atoms with Crippen molar-refractivity contribution in [2.45, 2.75) is 18.9 Å². The molecule has 98 valence electrons. The molecule has 0 amide bonds. The lowest BCUT2D eigenvalue weighted by molar-refractivity contribution is 0.180. The summed E-state index contributed by atoms with van der Waals surface area (Å²) in [6.07, 6.45) is 0.937. The Bertz CT molecular complexity index is 681. The van der Waals surface area contributed by atoms with Gasteiger partial charge in [0.1, 0.15) is 9.39 Å². The van der Waals surface area contributed by atoms with Gasteiger partial charge in [-0.15, -0.1) is 0 Å². The predicted octanol–water partition coefficient (Wildman–Crippen LogP) is 2.21. The van der Waals surface area contributed by atoms with Gasteiger partial charge in [-0.05, 0) is 40.1 Å². The van der Waals surface area contributed by atoms with Crippen molar-refractivity contribution in [3.05, 3.63) is 60.8 Å². The first kappa shape index (κ1) is 12.8. The number of halogens is 1. The fourth-order valence-electron chi connectivity index (χ4n) is 2.42. The summed E-state index contributed by atoms with van der Waals surface area (Å²) in [7, 11) is 1.61. The van der Waals surface area contributed by atoms with Crippen LogP contribution in [0.5, 0.6) is 0 Å². The smallest absolute Gasteiger partial charge is 0.264 e. The van der Waals surface area contributed by atoms with Crippen LogP contribution in [0.3, 0.4) is 0 Å². The number of H-pyrrole nitrogens is 1. The third-order valence-corrected chi connectivity index (χ3v) is 4.53. The Labute approximate surface area is 124 Å². The summed E-state index contributed by atoms with van der Waals surface area (Å²) in [4.78, 5) is 19.4. The third-order valence-electron chi connectivity index (χ3n) is 3.42. The van der Waals surface area contributed by atoms with Crippen LogP contribution in [-0.2, 0) is 17.8 Å². The Morgan fingerprint density at radius 2 is 2.26 bits per heavy atom. The van der Waals surface area contributed by atoms with Gasteiger partial charge in [0.05, 0.1) is 12.3 Å². The molecule has 1 aromatic heterocycles. The van der Waals surface area contributed by atoms with Gasteiger partial charge in [0.2, 0.25) is 0 Å². The fourth-order valence-corrected chi connectivity index (χ4v) is 2.84. The van der Waals surface area contributed by atoms with E-state index in [1.165, 1.54) is 11.1 Å². The topological polar surface area (TPSA) is 55.0 Å². The van der Waals surface area contributed by atoms with Crippen LogP contribution in [0.25, 0.3) is 0 Å². The lowest BCUT2D eigenvalue weighted by Crippen LogP contribution is -2.26. The van der Waals surface area contributed by atoms with Crippen molar-refractivity contribution in [2.75, 3.05) is 7.11 Å². The first-order valence-corrected chi connectivity index (χ1v) is 7.14. The number of nitrogens with zero attached hydrogens (tertiary/aromatic N) is 1. The van der Waals surface area contributed by atoms with Gasteiger partial charge >= 0.3 is 0 Å². The average molecular weight is 368 g/mol. The summed E-state index contributed by atoms with van der Waals surface area (Å²) < 4.78 is 5.71. The molecular weight excluding hydrogens is 355 g/mol. The number of methoxy groups -OCH3 is 1. The van der Waals surface area contributed by atoms with Gasteiger partial charge in [0.15, 0.2) is 0 Å². The highest BCUT2D eigenvalue weighted by Crippen LogP contribution is 2.38. The van der Waals surface area contributed by atoms with Gasteiger partial charge in [-0.3, -0.25) is 4.79 Å². The second-order valence-corrected chi connectivity index (χ2v) is 5.68. The van der Waals surface area contributed by atoms with E-state index in [4.69, 9.17) is 4.74 Å². The van der Waals surface area contributed by atoms with Crippen LogP contribution in [0, 0.1) is 3.57 Å². The van der Waals surface area contributed by atoms with Crippen molar-refractivity contribution in [1.82, 2.24) is 9.97 Å². The number of hydrogen-bond acceptors (Lipinski definition) is 3. The molecule has 0 spiro atoms. The predicted molar refractivity (Wildman–Crippen MR) is 80.3 cm³/mol. The van der Waals surface area contributed by atoms with E-state index in [0.717, 1.165) is 12.2 Å². The molecule has 2 aromatic rings. The summed E-state index contributed by atoms with van der Waals surface area (Å²) >= 11 is 2.01. The maximum atomic E-state index is 11.9. The number of nitrogens with one attached hydrogen (secondary N) is 1. The first-order chi connectivity index (χ1) is 9.20. The number of aromatic amines is 1. The number of aromatic nitrogens is 2. The first-order valence-electron chi connectivity index (χ1n) is 6.06. The van der Waals surface area contributed by atoms with Gasteiger partial charge < -0.3 is 9.72 Å². The maximum absolute atomic E-state index is 11.9. The minimum Gasteiger partial charge on any atom is -0.378 e. The number of ether oxygens (including phenoxy) is 1. The lowest BCUT2D eigenvalue weighted by atomic mass is 9.77. The molecule has 1 heterocycles. The van der Waals surface area contributed by atoms with Crippen molar-refractivity contribution >= 4 is 22.6 Å². The van der Waals surface area contributed by atoms with Crippen molar-refractivity contribution in [3.8, 4) is 0 Å². The SMILES string of the molecule is COCc1nc(C2Cc3ccccc32)[nH]c(=O)c1I. The monoisotopic (exact) mass is 368 g/mol. The molecule has 0 saturated heterocycles. The molecule has 0 saturated carbocycles. The molecule has 0 aliphatic heterocycles. The van der Waals surface area contributed by atoms with Crippen LogP contribution in [-0.4, -0.2) is 17.1 Å². The molecule has 0 radical (unpaired) electrons. The Morgan fingerprint density at radius 1 is 1.47 bits per heavy atom. The normalized spacial score (nSPS) is 16.8. The zero-order valence-corrected chi connectivity index (χ0v) is 12.6. The average Bonchev–Trinajstić information content (AvgIpc) is 2.37. The summed E-state index contributed by atoms with van der Waals surface area (Å²) in [5.74, 6) is 0.952. The molecule has 0 bridgehead atoms. The van der Waals surface area contributed by atoms with E-state index in [1.54, 1.807) is 7.11 Å². The molecule has 3 rings (SSSR count). The molecule has 0 fully saturated rings. The molecule has 1 aromatic carbocycles.